The van der Waals surface area contributed by atoms with Crippen LogP contribution in [0.15, 0.2) is 42.5 Å². The zero-order chi connectivity index (χ0) is 15.2. The molecule has 3 heteroatoms. The van der Waals surface area contributed by atoms with Crippen molar-refractivity contribution in [1.29, 1.82) is 0 Å². The van der Waals surface area contributed by atoms with E-state index < -0.39 is 0 Å². The summed E-state index contributed by atoms with van der Waals surface area (Å²) in [6.07, 6.45) is 0. The number of aryl methyl sites for hydroxylation is 2. The fourth-order valence-corrected chi connectivity index (χ4v) is 2.14. The van der Waals surface area contributed by atoms with Gasteiger partial charge in [0.15, 0.2) is 5.78 Å². The van der Waals surface area contributed by atoms with Crippen molar-refractivity contribution in [3.8, 4) is 5.75 Å². The zero-order valence-electron chi connectivity index (χ0n) is 12.7. The van der Waals surface area contributed by atoms with E-state index in [1.54, 1.807) is 25.3 Å². The molecule has 0 aliphatic rings. The van der Waals surface area contributed by atoms with Crippen LogP contribution in [-0.4, -0.2) is 19.5 Å². The minimum atomic E-state index is -0.0429. The molecule has 21 heavy (non-hydrogen) atoms. The lowest BCUT2D eigenvalue weighted by Gasteiger charge is -2.08. The number of hydrogen-bond donors (Lipinski definition) is 0. The first-order chi connectivity index (χ1) is 10.1. The van der Waals surface area contributed by atoms with E-state index in [4.69, 9.17) is 9.47 Å². The van der Waals surface area contributed by atoms with E-state index in [0.29, 0.717) is 17.9 Å². The molecule has 0 radical (unpaired) electrons. The Morgan fingerprint density at radius 2 is 1.90 bits per heavy atom. The van der Waals surface area contributed by atoms with E-state index in [-0.39, 0.29) is 12.4 Å². The first-order valence-electron chi connectivity index (χ1n) is 6.91. The Labute approximate surface area is 125 Å². The molecule has 2 aromatic rings. The number of hydrogen-bond acceptors (Lipinski definition) is 3. The summed E-state index contributed by atoms with van der Waals surface area (Å²) in [6.45, 7) is 4.63. The predicted octanol–water partition coefficient (Wildman–Crippen LogP) is 3.71. The number of carbonyl (C=O) groups excluding carboxylic acids is 1. The average molecular weight is 284 g/mol. The molecule has 2 aromatic carbocycles. The molecule has 2 rings (SSSR count). The minimum absolute atomic E-state index is 0.0429. The Hall–Kier alpha value is -2.13. The van der Waals surface area contributed by atoms with Crippen LogP contribution < -0.4 is 4.74 Å². The molecule has 0 saturated heterocycles. The monoisotopic (exact) mass is 284 g/mol. The van der Waals surface area contributed by atoms with Gasteiger partial charge in [0.05, 0.1) is 13.7 Å². The molecule has 0 saturated carbocycles. The number of carbonyl (C=O) groups is 1. The van der Waals surface area contributed by atoms with E-state index in [0.717, 1.165) is 5.56 Å². The van der Waals surface area contributed by atoms with Crippen molar-refractivity contribution in [1.82, 2.24) is 0 Å². The highest BCUT2D eigenvalue weighted by molar-refractivity contribution is 5.97. The maximum Gasteiger partial charge on any atom is 0.188 e. The predicted molar refractivity (Wildman–Crippen MR) is 82.9 cm³/mol. The van der Waals surface area contributed by atoms with E-state index in [1.165, 1.54) is 11.1 Å². The van der Waals surface area contributed by atoms with Crippen molar-refractivity contribution in [2.75, 3.05) is 13.7 Å². The molecule has 0 bridgehead atoms. The molecule has 3 nitrogen and oxygen atoms in total. The Bertz CT molecular complexity index is 632. The van der Waals surface area contributed by atoms with Gasteiger partial charge in [0.2, 0.25) is 0 Å². The van der Waals surface area contributed by atoms with Gasteiger partial charge < -0.3 is 9.47 Å². The van der Waals surface area contributed by atoms with Crippen molar-refractivity contribution in [2.45, 2.75) is 20.5 Å². The number of rotatable bonds is 6. The normalized spacial score (nSPS) is 10.4. The van der Waals surface area contributed by atoms with Crippen LogP contribution in [0.25, 0.3) is 0 Å². The quantitative estimate of drug-likeness (QED) is 0.759. The molecule has 0 atom stereocenters. The zero-order valence-corrected chi connectivity index (χ0v) is 12.7. The molecule has 0 spiro atoms. The number of Topliss-reactive ketones (excluding diaryl/α,β-unsaturated/α-hetero) is 1. The molecular weight excluding hydrogens is 264 g/mol. The van der Waals surface area contributed by atoms with Crippen LogP contribution in [0.5, 0.6) is 5.75 Å². The highest BCUT2D eigenvalue weighted by Gasteiger charge is 2.08. The lowest BCUT2D eigenvalue weighted by atomic mass is 10.1. The molecule has 0 fully saturated rings. The van der Waals surface area contributed by atoms with Gasteiger partial charge in [-0.2, -0.15) is 0 Å². The van der Waals surface area contributed by atoms with Gasteiger partial charge in [-0.25, -0.2) is 0 Å². The first-order valence-corrected chi connectivity index (χ1v) is 6.91. The van der Waals surface area contributed by atoms with Gasteiger partial charge >= 0.3 is 0 Å². The van der Waals surface area contributed by atoms with Gasteiger partial charge in [0.1, 0.15) is 12.4 Å². The number of ketones is 1. The summed E-state index contributed by atoms with van der Waals surface area (Å²) >= 11 is 0. The van der Waals surface area contributed by atoms with Crippen LogP contribution >= 0.6 is 0 Å². The van der Waals surface area contributed by atoms with Crippen LogP contribution in [0, 0.1) is 13.8 Å². The number of ether oxygens (including phenoxy) is 2. The van der Waals surface area contributed by atoms with Crippen molar-refractivity contribution < 1.29 is 14.3 Å². The highest BCUT2D eigenvalue weighted by Crippen LogP contribution is 2.14. The summed E-state index contributed by atoms with van der Waals surface area (Å²) in [7, 11) is 1.58. The fraction of sp³-hybridized carbons (Fsp3) is 0.278. The van der Waals surface area contributed by atoms with Crippen LogP contribution in [0.1, 0.15) is 27.0 Å². The minimum Gasteiger partial charge on any atom is -0.497 e. The smallest absolute Gasteiger partial charge is 0.188 e. The Morgan fingerprint density at radius 3 is 2.62 bits per heavy atom. The van der Waals surface area contributed by atoms with Gasteiger partial charge in [0.25, 0.3) is 0 Å². The first kappa shape index (κ1) is 15.3. The van der Waals surface area contributed by atoms with Crippen molar-refractivity contribution in [3.05, 3.63) is 64.7 Å². The van der Waals surface area contributed by atoms with E-state index >= 15 is 0 Å². The molecule has 0 N–H and O–H groups in total. The maximum absolute atomic E-state index is 12.1. The third-order valence-corrected chi connectivity index (χ3v) is 3.38. The molecule has 0 aliphatic heterocycles. The van der Waals surface area contributed by atoms with Crippen molar-refractivity contribution >= 4 is 5.78 Å². The SMILES string of the molecule is COc1cccc(C(=O)COCc2ccc(C)cc2C)c1. The third kappa shape index (κ3) is 4.17. The van der Waals surface area contributed by atoms with Crippen molar-refractivity contribution in [3.63, 3.8) is 0 Å². The third-order valence-electron chi connectivity index (χ3n) is 3.38. The van der Waals surface area contributed by atoms with E-state index in [2.05, 4.69) is 26.0 Å². The Morgan fingerprint density at radius 1 is 1.10 bits per heavy atom. The molecule has 0 aromatic heterocycles. The summed E-state index contributed by atoms with van der Waals surface area (Å²) in [4.78, 5) is 12.1. The molecule has 0 aliphatic carbocycles. The van der Waals surface area contributed by atoms with Gasteiger partial charge in [-0.3, -0.25) is 4.79 Å². The Kier molecular flexibility index (Phi) is 5.12. The standard InChI is InChI=1S/C18H20O3/c1-13-7-8-16(14(2)9-13)11-21-12-18(19)15-5-4-6-17(10-15)20-3/h4-10H,11-12H2,1-3H3. The topological polar surface area (TPSA) is 35.5 Å². The van der Waals surface area contributed by atoms with Crippen molar-refractivity contribution in [2.24, 2.45) is 0 Å². The van der Waals surface area contributed by atoms with Crippen LogP contribution in [0.4, 0.5) is 0 Å². The van der Waals surface area contributed by atoms with Gasteiger partial charge in [-0.15, -0.1) is 0 Å². The molecule has 0 heterocycles. The number of methoxy groups -OCH3 is 1. The fourth-order valence-electron chi connectivity index (χ4n) is 2.14. The van der Waals surface area contributed by atoms with Gasteiger partial charge in [-0.1, -0.05) is 35.9 Å². The molecule has 0 unspecified atom stereocenters. The molecule has 110 valence electrons. The summed E-state index contributed by atoms with van der Waals surface area (Å²) in [5, 5.41) is 0. The second kappa shape index (κ2) is 7.04. The van der Waals surface area contributed by atoms with E-state index in [1.807, 2.05) is 12.1 Å². The van der Waals surface area contributed by atoms with Crippen LogP contribution in [0.2, 0.25) is 0 Å². The second-order valence-electron chi connectivity index (χ2n) is 5.08. The van der Waals surface area contributed by atoms with Crippen LogP contribution in [0.3, 0.4) is 0 Å². The number of benzene rings is 2. The second-order valence-corrected chi connectivity index (χ2v) is 5.08. The lowest BCUT2D eigenvalue weighted by molar-refractivity contribution is 0.0725. The Balaban J connectivity index is 1.92. The average Bonchev–Trinajstić information content (AvgIpc) is 2.49. The van der Waals surface area contributed by atoms with Gasteiger partial charge in [0, 0.05) is 5.56 Å². The largest absolute Gasteiger partial charge is 0.497 e. The van der Waals surface area contributed by atoms with E-state index in [9.17, 15) is 4.79 Å². The van der Waals surface area contributed by atoms with Gasteiger partial charge in [-0.05, 0) is 37.1 Å². The highest BCUT2D eigenvalue weighted by atomic mass is 16.5. The molecule has 0 amide bonds. The van der Waals surface area contributed by atoms with Crippen LogP contribution in [-0.2, 0) is 11.3 Å². The maximum atomic E-state index is 12.1. The summed E-state index contributed by atoms with van der Waals surface area (Å²) in [6, 6.07) is 13.3. The summed E-state index contributed by atoms with van der Waals surface area (Å²) in [5.41, 5.74) is 4.13. The molecular formula is C18H20O3. The summed E-state index contributed by atoms with van der Waals surface area (Å²) < 4.78 is 10.7. The summed E-state index contributed by atoms with van der Waals surface area (Å²) in [5.74, 6) is 0.633. The lowest BCUT2D eigenvalue weighted by Crippen LogP contribution is -2.09.